The summed E-state index contributed by atoms with van der Waals surface area (Å²) in [5.41, 5.74) is -2.53. The predicted molar refractivity (Wildman–Crippen MR) is 57.7 cm³/mol. The van der Waals surface area contributed by atoms with Crippen LogP contribution in [0.5, 0.6) is 5.75 Å². The van der Waals surface area contributed by atoms with Crippen molar-refractivity contribution in [1.29, 1.82) is 0 Å². The lowest BCUT2D eigenvalue weighted by molar-refractivity contribution is -0.185. The number of alkyl halides is 3. The van der Waals surface area contributed by atoms with E-state index in [4.69, 9.17) is 4.74 Å². The van der Waals surface area contributed by atoms with E-state index >= 15 is 0 Å². The first kappa shape index (κ1) is 11.6. The van der Waals surface area contributed by atoms with E-state index in [1.165, 1.54) is 31.4 Å². The van der Waals surface area contributed by atoms with Gasteiger partial charge in [0.2, 0.25) is 0 Å². The molecule has 0 aliphatic carbocycles. The van der Waals surface area contributed by atoms with Gasteiger partial charge in [-0.1, -0.05) is 12.1 Å². The van der Waals surface area contributed by atoms with Gasteiger partial charge in [-0.15, -0.1) is 0 Å². The van der Waals surface area contributed by atoms with Gasteiger partial charge >= 0.3 is 6.18 Å². The third-order valence-electron chi connectivity index (χ3n) is 2.48. The van der Waals surface area contributed by atoms with Crippen molar-refractivity contribution in [1.82, 2.24) is 0 Å². The molecule has 6 heteroatoms. The van der Waals surface area contributed by atoms with E-state index in [-0.39, 0.29) is 5.56 Å². The van der Waals surface area contributed by atoms with E-state index in [2.05, 4.69) is 9.98 Å². The lowest BCUT2D eigenvalue weighted by atomic mass is 10.0. The molecule has 1 aromatic carbocycles. The molecule has 0 radical (unpaired) electrons. The second kappa shape index (κ2) is 3.87. The summed E-state index contributed by atoms with van der Waals surface area (Å²) in [4.78, 5) is 6.90. The fourth-order valence-corrected chi connectivity index (χ4v) is 1.60. The van der Waals surface area contributed by atoms with E-state index < -0.39 is 11.8 Å². The van der Waals surface area contributed by atoms with Crippen LogP contribution in [0.3, 0.4) is 0 Å². The van der Waals surface area contributed by atoms with Crippen LogP contribution in [0, 0.1) is 0 Å². The first-order valence-corrected chi connectivity index (χ1v) is 4.80. The van der Waals surface area contributed by atoms with Crippen LogP contribution in [0.2, 0.25) is 0 Å². The normalized spacial score (nSPS) is 17.4. The standard InChI is InChI=1S/C11H9F3N2O/c1-17-9-4-2-8(3-5-9)10(11(12,13)14)15-6-7-16-10/h2-7H,1H3. The van der Waals surface area contributed by atoms with E-state index in [0.29, 0.717) is 5.75 Å². The Morgan fingerprint density at radius 2 is 1.59 bits per heavy atom. The highest BCUT2D eigenvalue weighted by Gasteiger charge is 2.57. The van der Waals surface area contributed by atoms with Crippen LogP contribution >= 0.6 is 0 Å². The minimum atomic E-state index is -4.56. The topological polar surface area (TPSA) is 34.0 Å². The maximum absolute atomic E-state index is 13.0. The molecule has 1 aromatic rings. The van der Waals surface area contributed by atoms with Gasteiger partial charge < -0.3 is 4.74 Å². The van der Waals surface area contributed by atoms with Gasteiger partial charge in [-0.2, -0.15) is 13.2 Å². The average molecular weight is 242 g/mol. The minimum Gasteiger partial charge on any atom is -0.497 e. The van der Waals surface area contributed by atoms with Gasteiger partial charge in [0.25, 0.3) is 5.66 Å². The van der Waals surface area contributed by atoms with Gasteiger partial charge in [-0.3, -0.25) is 0 Å². The highest BCUT2D eigenvalue weighted by molar-refractivity contribution is 6.17. The average Bonchev–Trinajstić information content (AvgIpc) is 2.79. The molecule has 0 N–H and O–H groups in total. The van der Waals surface area contributed by atoms with Crippen molar-refractivity contribution in [3.05, 3.63) is 29.8 Å². The highest BCUT2D eigenvalue weighted by atomic mass is 19.4. The van der Waals surface area contributed by atoms with Gasteiger partial charge in [-0.05, 0) is 12.1 Å². The Labute approximate surface area is 95.7 Å². The number of benzene rings is 1. The van der Waals surface area contributed by atoms with Crippen LogP contribution < -0.4 is 4.74 Å². The first-order chi connectivity index (χ1) is 7.99. The number of rotatable bonds is 2. The summed E-state index contributed by atoms with van der Waals surface area (Å²) < 4.78 is 44.0. The molecule has 3 nitrogen and oxygen atoms in total. The van der Waals surface area contributed by atoms with Crippen molar-refractivity contribution in [2.75, 3.05) is 7.11 Å². The molecule has 1 heterocycles. The lowest BCUT2D eigenvalue weighted by Crippen LogP contribution is -2.37. The number of methoxy groups -OCH3 is 1. The third-order valence-corrected chi connectivity index (χ3v) is 2.48. The molecular formula is C11H9F3N2O. The summed E-state index contributed by atoms with van der Waals surface area (Å²) in [5.74, 6) is 0.483. The Balaban J connectivity index is 2.48. The van der Waals surface area contributed by atoms with Crippen LogP contribution in [-0.2, 0) is 5.66 Å². The van der Waals surface area contributed by atoms with Crippen molar-refractivity contribution < 1.29 is 17.9 Å². The number of hydrogen-bond acceptors (Lipinski definition) is 3. The fraction of sp³-hybridized carbons (Fsp3) is 0.273. The summed E-state index contributed by atoms with van der Waals surface area (Å²) in [6.07, 6.45) is -2.46. The van der Waals surface area contributed by atoms with Crippen molar-refractivity contribution in [3.63, 3.8) is 0 Å². The molecule has 1 aliphatic rings. The Hall–Kier alpha value is -1.85. The molecular weight excluding hydrogens is 233 g/mol. The molecule has 0 spiro atoms. The fourth-order valence-electron chi connectivity index (χ4n) is 1.60. The number of hydrogen-bond donors (Lipinski definition) is 0. The van der Waals surface area contributed by atoms with E-state index in [0.717, 1.165) is 12.4 Å². The first-order valence-electron chi connectivity index (χ1n) is 4.80. The molecule has 90 valence electrons. The summed E-state index contributed by atoms with van der Waals surface area (Å²) in [6, 6.07) is 5.52. The molecule has 0 saturated carbocycles. The molecule has 0 bridgehead atoms. The summed E-state index contributed by atoms with van der Waals surface area (Å²) >= 11 is 0. The maximum Gasteiger partial charge on any atom is 0.438 e. The van der Waals surface area contributed by atoms with Crippen molar-refractivity contribution in [2.24, 2.45) is 9.98 Å². The number of aliphatic imine (C=N–C) groups is 2. The molecule has 0 atom stereocenters. The van der Waals surface area contributed by atoms with Gasteiger partial charge in [0.1, 0.15) is 5.75 Å². The summed E-state index contributed by atoms with van der Waals surface area (Å²) in [7, 11) is 1.44. The van der Waals surface area contributed by atoms with Crippen molar-refractivity contribution >= 4 is 12.4 Å². The zero-order valence-electron chi connectivity index (χ0n) is 8.90. The molecule has 0 fully saturated rings. The van der Waals surface area contributed by atoms with E-state index in [1.54, 1.807) is 0 Å². The summed E-state index contributed by atoms with van der Waals surface area (Å²) in [6.45, 7) is 0. The van der Waals surface area contributed by atoms with Crippen LogP contribution in [0.25, 0.3) is 0 Å². The van der Waals surface area contributed by atoms with Gasteiger partial charge in [0, 0.05) is 18.0 Å². The third kappa shape index (κ3) is 1.79. The number of nitrogens with zero attached hydrogens (tertiary/aromatic N) is 2. The van der Waals surface area contributed by atoms with Gasteiger partial charge in [-0.25, -0.2) is 9.98 Å². The Kier molecular flexibility index (Phi) is 2.65. The number of halogens is 3. The smallest absolute Gasteiger partial charge is 0.438 e. The Morgan fingerprint density at radius 1 is 1.06 bits per heavy atom. The second-order valence-electron chi connectivity index (χ2n) is 3.45. The zero-order valence-corrected chi connectivity index (χ0v) is 8.90. The quantitative estimate of drug-likeness (QED) is 0.784. The SMILES string of the molecule is COc1ccc(C2(C(F)(F)F)N=CC=N2)cc1. The summed E-state index contributed by atoms with van der Waals surface area (Å²) in [5, 5.41) is 0. The molecule has 0 amide bonds. The minimum absolute atomic E-state index is 0.0317. The van der Waals surface area contributed by atoms with Crippen LogP contribution in [0.15, 0.2) is 34.3 Å². The van der Waals surface area contributed by atoms with Crippen LogP contribution in [0.4, 0.5) is 13.2 Å². The molecule has 2 rings (SSSR count). The molecule has 0 aromatic heterocycles. The Morgan fingerprint density at radius 3 is 2.00 bits per heavy atom. The number of ether oxygens (including phenoxy) is 1. The van der Waals surface area contributed by atoms with Crippen molar-refractivity contribution in [3.8, 4) is 5.75 Å². The van der Waals surface area contributed by atoms with Gasteiger partial charge in [0.05, 0.1) is 7.11 Å². The molecule has 1 aliphatic heterocycles. The molecule has 0 unspecified atom stereocenters. The van der Waals surface area contributed by atoms with Gasteiger partial charge in [0.15, 0.2) is 0 Å². The van der Waals surface area contributed by atoms with E-state index in [1.807, 2.05) is 0 Å². The van der Waals surface area contributed by atoms with E-state index in [9.17, 15) is 13.2 Å². The monoisotopic (exact) mass is 242 g/mol. The molecule has 0 saturated heterocycles. The lowest BCUT2D eigenvalue weighted by Gasteiger charge is -2.26. The maximum atomic E-state index is 13.0. The van der Waals surface area contributed by atoms with Crippen LogP contribution in [-0.4, -0.2) is 25.7 Å². The zero-order chi connectivity index (χ0) is 12.5. The largest absolute Gasteiger partial charge is 0.497 e. The highest BCUT2D eigenvalue weighted by Crippen LogP contribution is 2.44. The molecule has 17 heavy (non-hydrogen) atoms. The van der Waals surface area contributed by atoms with Crippen molar-refractivity contribution in [2.45, 2.75) is 11.8 Å². The predicted octanol–water partition coefficient (Wildman–Crippen LogP) is 2.57. The van der Waals surface area contributed by atoms with Crippen LogP contribution in [0.1, 0.15) is 5.56 Å². The Bertz CT molecular complexity index is 451. The second-order valence-corrected chi connectivity index (χ2v) is 3.45.